The molecular formula is C20H19NO4. The van der Waals surface area contributed by atoms with E-state index in [0.717, 1.165) is 18.6 Å². The summed E-state index contributed by atoms with van der Waals surface area (Å²) in [5, 5.41) is 2.75. The molecule has 5 heteroatoms. The number of amides is 1. The Kier molecular flexibility index (Phi) is 4.29. The summed E-state index contributed by atoms with van der Waals surface area (Å²) >= 11 is 0. The highest BCUT2D eigenvalue weighted by Crippen LogP contribution is 2.26. The molecule has 5 nitrogen and oxygen atoms in total. The van der Waals surface area contributed by atoms with Gasteiger partial charge in [0.25, 0.3) is 5.91 Å². The van der Waals surface area contributed by atoms with Gasteiger partial charge in [0.15, 0.2) is 5.76 Å². The van der Waals surface area contributed by atoms with Gasteiger partial charge in [0.2, 0.25) is 0 Å². The molecule has 0 saturated carbocycles. The molecule has 1 N–H and O–H groups in total. The van der Waals surface area contributed by atoms with Crippen LogP contribution in [-0.2, 0) is 26.0 Å². The first kappa shape index (κ1) is 15.6. The van der Waals surface area contributed by atoms with E-state index in [4.69, 9.17) is 13.6 Å². The van der Waals surface area contributed by atoms with Gasteiger partial charge in [-0.3, -0.25) is 4.79 Å². The minimum Gasteiger partial charge on any atom is -0.486 e. The molecule has 1 aromatic carbocycles. The SMILES string of the molecule is O=C(NCc1ccco1)c1ccc(COc2ccc3c(c2)CCC3)o1. The number of hydrogen-bond acceptors (Lipinski definition) is 4. The number of rotatable bonds is 6. The smallest absolute Gasteiger partial charge is 0.287 e. The molecule has 0 spiro atoms. The van der Waals surface area contributed by atoms with E-state index in [1.54, 1.807) is 30.5 Å². The van der Waals surface area contributed by atoms with Crippen molar-refractivity contribution in [2.75, 3.05) is 0 Å². The predicted molar refractivity (Wildman–Crippen MR) is 91.4 cm³/mol. The number of benzene rings is 1. The molecular weight excluding hydrogens is 318 g/mol. The molecule has 0 atom stereocenters. The first-order valence-corrected chi connectivity index (χ1v) is 8.42. The highest BCUT2D eigenvalue weighted by molar-refractivity contribution is 5.91. The summed E-state index contributed by atoms with van der Waals surface area (Å²) in [4.78, 5) is 12.1. The van der Waals surface area contributed by atoms with Crippen molar-refractivity contribution in [3.8, 4) is 5.75 Å². The monoisotopic (exact) mass is 337 g/mol. The molecule has 2 aromatic heterocycles. The van der Waals surface area contributed by atoms with Gasteiger partial charge in [-0.05, 0) is 66.8 Å². The van der Waals surface area contributed by atoms with E-state index in [1.807, 2.05) is 6.07 Å². The van der Waals surface area contributed by atoms with Gasteiger partial charge < -0.3 is 18.9 Å². The van der Waals surface area contributed by atoms with Crippen LogP contribution in [0, 0.1) is 0 Å². The number of hydrogen-bond donors (Lipinski definition) is 1. The second kappa shape index (κ2) is 6.89. The Labute approximate surface area is 145 Å². The molecule has 3 aromatic rings. The fourth-order valence-electron chi connectivity index (χ4n) is 3.04. The van der Waals surface area contributed by atoms with Crippen LogP contribution < -0.4 is 10.1 Å². The lowest BCUT2D eigenvalue weighted by molar-refractivity contribution is 0.0916. The van der Waals surface area contributed by atoms with Crippen molar-refractivity contribution in [1.82, 2.24) is 5.32 Å². The average Bonchev–Trinajstić information content (AvgIpc) is 3.39. The highest BCUT2D eigenvalue weighted by atomic mass is 16.5. The Balaban J connectivity index is 1.32. The van der Waals surface area contributed by atoms with Gasteiger partial charge in [-0.1, -0.05) is 6.07 Å². The second-order valence-electron chi connectivity index (χ2n) is 6.10. The zero-order chi connectivity index (χ0) is 17.1. The minimum absolute atomic E-state index is 0.263. The number of nitrogens with one attached hydrogen (secondary N) is 1. The average molecular weight is 337 g/mol. The number of fused-ring (bicyclic) bond motifs is 1. The van der Waals surface area contributed by atoms with Gasteiger partial charge in [-0.2, -0.15) is 0 Å². The van der Waals surface area contributed by atoms with Crippen LogP contribution in [0.5, 0.6) is 5.75 Å². The van der Waals surface area contributed by atoms with Crippen LogP contribution in [0.25, 0.3) is 0 Å². The van der Waals surface area contributed by atoms with Gasteiger partial charge in [0.1, 0.15) is 23.9 Å². The minimum atomic E-state index is -0.278. The highest BCUT2D eigenvalue weighted by Gasteiger charge is 2.13. The lowest BCUT2D eigenvalue weighted by atomic mass is 10.1. The van der Waals surface area contributed by atoms with Gasteiger partial charge >= 0.3 is 0 Å². The topological polar surface area (TPSA) is 64.6 Å². The molecule has 1 aliphatic carbocycles. The Bertz CT molecular complexity index is 864. The van der Waals surface area contributed by atoms with Crippen LogP contribution in [0.2, 0.25) is 0 Å². The second-order valence-corrected chi connectivity index (χ2v) is 6.10. The van der Waals surface area contributed by atoms with Crippen molar-refractivity contribution < 1.29 is 18.4 Å². The van der Waals surface area contributed by atoms with E-state index in [1.165, 1.54) is 17.5 Å². The molecule has 1 amide bonds. The molecule has 0 radical (unpaired) electrons. The van der Waals surface area contributed by atoms with Crippen molar-refractivity contribution in [3.63, 3.8) is 0 Å². The maximum atomic E-state index is 12.1. The summed E-state index contributed by atoms with van der Waals surface area (Å²) in [6.07, 6.45) is 5.06. The number of carbonyl (C=O) groups excluding carboxylic acids is 1. The van der Waals surface area contributed by atoms with E-state index >= 15 is 0 Å². The number of furan rings is 2. The Morgan fingerprint density at radius 3 is 2.88 bits per heavy atom. The molecule has 4 rings (SSSR count). The number of carbonyl (C=O) groups is 1. The van der Waals surface area contributed by atoms with Crippen molar-refractivity contribution >= 4 is 5.91 Å². The summed E-state index contributed by atoms with van der Waals surface area (Å²) < 4.78 is 16.5. The number of aryl methyl sites for hydroxylation is 2. The quantitative estimate of drug-likeness (QED) is 0.741. The summed E-state index contributed by atoms with van der Waals surface area (Å²) in [7, 11) is 0. The zero-order valence-electron chi connectivity index (χ0n) is 13.8. The van der Waals surface area contributed by atoms with E-state index < -0.39 is 0 Å². The molecule has 2 heterocycles. The molecule has 0 fully saturated rings. The Morgan fingerprint density at radius 2 is 2.00 bits per heavy atom. The Hall–Kier alpha value is -2.95. The van der Waals surface area contributed by atoms with Crippen LogP contribution >= 0.6 is 0 Å². The third-order valence-electron chi connectivity index (χ3n) is 4.34. The fourth-order valence-corrected chi connectivity index (χ4v) is 3.04. The van der Waals surface area contributed by atoms with E-state index in [9.17, 15) is 4.79 Å². The Morgan fingerprint density at radius 1 is 1.08 bits per heavy atom. The van der Waals surface area contributed by atoms with Crippen LogP contribution in [0.3, 0.4) is 0 Å². The van der Waals surface area contributed by atoms with E-state index in [-0.39, 0.29) is 11.7 Å². The molecule has 0 saturated heterocycles. The van der Waals surface area contributed by atoms with Crippen molar-refractivity contribution in [2.24, 2.45) is 0 Å². The fraction of sp³-hybridized carbons (Fsp3) is 0.250. The maximum absolute atomic E-state index is 12.1. The predicted octanol–water partition coefficient (Wildman–Crippen LogP) is 3.87. The molecule has 25 heavy (non-hydrogen) atoms. The summed E-state index contributed by atoms with van der Waals surface area (Å²) in [6.45, 7) is 0.623. The lowest BCUT2D eigenvalue weighted by Gasteiger charge is -2.06. The summed E-state index contributed by atoms with van der Waals surface area (Å²) in [5.74, 6) is 2.13. The first-order valence-electron chi connectivity index (χ1n) is 8.42. The molecule has 0 unspecified atom stereocenters. The summed E-state index contributed by atoms with van der Waals surface area (Å²) in [5.41, 5.74) is 2.79. The first-order chi connectivity index (χ1) is 12.3. The maximum Gasteiger partial charge on any atom is 0.287 e. The van der Waals surface area contributed by atoms with Crippen molar-refractivity contribution in [1.29, 1.82) is 0 Å². The van der Waals surface area contributed by atoms with Crippen molar-refractivity contribution in [2.45, 2.75) is 32.4 Å². The molecule has 128 valence electrons. The van der Waals surface area contributed by atoms with Crippen LogP contribution in [-0.4, -0.2) is 5.91 Å². The molecule has 0 aliphatic heterocycles. The van der Waals surface area contributed by atoms with Gasteiger partial charge in [0.05, 0.1) is 12.8 Å². The van der Waals surface area contributed by atoms with E-state index in [0.29, 0.717) is 24.7 Å². The standard InChI is InChI=1S/C20H19NO4/c22-20(21-12-17-5-2-10-23-17)19-9-8-18(25-19)13-24-16-7-6-14-3-1-4-15(14)11-16/h2,5-11H,1,3-4,12-13H2,(H,21,22). The summed E-state index contributed by atoms with van der Waals surface area (Å²) in [6, 6.07) is 13.2. The van der Waals surface area contributed by atoms with E-state index in [2.05, 4.69) is 17.4 Å². The van der Waals surface area contributed by atoms with Gasteiger partial charge in [-0.25, -0.2) is 0 Å². The van der Waals surface area contributed by atoms with Crippen LogP contribution in [0.15, 0.2) is 57.6 Å². The molecule has 0 bridgehead atoms. The largest absolute Gasteiger partial charge is 0.486 e. The van der Waals surface area contributed by atoms with Crippen LogP contribution in [0.4, 0.5) is 0 Å². The van der Waals surface area contributed by atoms with Gasteiger partial charge in [0, 0.05) is 0 Å². The number of ether oxygens (including phenoxy) is 1. The van der Waals surface area contributed by atoms with Crippen LogP contribution in [0.1, 0.15) is 39.6 Å². The third kappa shape index (κ3) is 3.60. The van der Waals surface area contributed by atoms with Crippen molar-refractivity contribution in [3.05, 3.63) is 77.1 Å². The zero-order valence-corrected chi connectivity index (χ0v) is 13.8. The lowest BCUT2D eigenvalue weighted by Crippen LogP contribution is -2.21. The van der Waals surface area contributed by atoms with Gasteiger partial charge in [-0.15, -0.1) is 0 Å². The molecule has 1 aliphatic rings. The normalized spacial score (nSPS) is 12.8. The third-order valence-corrected chi connectivity index (χ3v) is 4.34.